The Morgan fingerprint density at radius 3 is 2.33 bits per heavy atom. The summed E-state index contributed by atoms with van der Waals surface area (Å²) in [6, 6.07) is 20.1. The highest BCUT2D eigenvalue weighted by atomic mass is 35.5. The van der Waals surface area contributed by atoms with Crippen LogP contribution in [0.1, 0.15) is 15.9 Å². The first kappa shape index (κ1) is 26.0. The number of hydrogen-bond acceptors (Lipinski definition) is 6. The van der Waals surface area contributed by atoms with Gasteiger partial charge >= 0.3 is 5.97 Å². The highest BCUT2D eigenvalue weighted by molar-refractivity contribution is 7.14. The second-order valence-electron chi connectivity index (χ2n) is 8.38. The molecule has 0 radical (unpaired) electrons. The van der Waals surface area contributed by atoms with Gasteiger partial charge in [-0.2, -0.15) is 0 Å². The van der Waals surface area contributed by atoms with Gasteiger partial charge < -0.3 is 19.6 Å². The van der Waals surface area contributed by atoms with Gasteiger partial charge in [-0.05, 0) is 80.3 Å². The molecular formula is C27H25Cl2N3O3S. The Morgan fingerprint density at radius 2 is 1.69 bits per heavy atom. The molecule has 0 amide bonds. The van der Waals surface area contributed by atoms with Crippen molar-refractivity contribution in [2.75, 3.05) is 32.1 Å². The molecule has 0 aliphatic carbocycles. The smallest absolute Gasteiger partial charge is 0.335 e. The number of thiazole rings is 1. The second kappa shape index (κ2) is 11.8. The number of hydrogen-bond donors (Lipinski definition) is 1. The van der Waals surface area contributed by atoms with Crippen molar-refractivity contribution in [2.24, 2.45) is 0 Å². The maximum atomic E-state index is 11.2. The Morgan fingerprint density at radius 1 is 0.972 bits per heavy atom. The van der Waals surface area contributed by atoms with E-state index in [-0.39, 0.29) is 5.56 Å². The molecule has 0 spiro atoms. The molecule has 4 aromatic rings. The summed E-state index contributed by atoms with van der Waals surface area (Å²) in [6.07, 6.45) is 0. The van der Waals surface area contributed by atoms with E-state index in [9.17, 15) is 9.90 Å². The van der Waals surface area contributed by atoms with Crippen molar-refractivity contribution in [1.82, 2.24) is 9.88 Å². The maximum absolute atomic E-state index is 11.2. The third kappa shape index (κ3) is 6.56. The minimum atomic E-state index is -0.942. The largest absolute Gasteiger partial charge is 0.489 e. The van der Waals surface area contributed by atoms with E-state index in [1.807, 2.05) is 61.9 Å². The lowest BCUT2D eigenvalue weighted by atomic mass is 10.1. The lowest BCUT2D eigenvalue weighted by Gasteiger charge is -2.24. The summed E-state index contributed by atoms with van der Waals surface area (Å²) in [5, 5.41) is 13.1. The first-order valence-electron chi connectivity index (χ1n) is 11.2. The van der Waals surface area contributed by atoms with E-state index in [1.54, 1.807) is 35.6 Å². The number of aromatic carboxylic acids is 1. The molecule has 1 N–H and O–H groups in total. The van der Waals surface area contributed by atoms with Gasteiger partial charge in [-0.25, -0.2) is 9.78 Å². The molecule has 0 atom stereocenters. The van der Waals surface area contributed by atoms with Gasteiger partial charge in [0.05, 0.1) is 21.3 Å². The van der Waals surface area contributed by atoms with E-state index in [0.29, 0.717) is 23.2 Å². The van der Waals surface area contributed by atoms with Crippen LogP contribution in [0.5, 0.6) is 5.75 Å². The van der Waals surface area contributed by atoms with Crippen LogP contribution >= 0.6 is 34.5 Å². The van der Waals surface area contributed by atoms with Gasteiger partial charge in [0.15, 0.2) is 5.13 Å². The molecule has 0 unspecified atom stereocenters. The number of anilines is 2. The lowest BCUT2D eigenvalue weighted by Crippen LogP contribution is -2.28. The number of nitrogens with zero attached hydrogens (tertiary/aromatic N) is 3. The molecule has 0 aliphatic rings. The summed E-state index contributed by atoms with van der Waals surface area (Å²) in [6.45, 7) is 1.92. The van der Waals surface area contributed by atoms with Crippen molar-refractivity contribution in [3.63, 3.8) is 0 Å². The highest BCUT2D eigenvalue weighted by Gasteiger charge is 2.16. The molecule has 186 valence electrons. The fraction of sp³-hybridized carbons (Fsp3) is 0.185. The highest BCUT2D eigenvalue weighted by Crippen LogP contribution is 2.33. The minimum absolute atomic E-state index is 0.257. The monoisotopic (exact) mass is 541 g/mol. The first-order valence-corrected chi connectivity index (χ1v) is 12.8. The van der Waals surface area contributed by atoms with E-state index in [2.05, 4.69) is 9.80 Å². The van der Waals surface area contributed by atoms with Crippen LogP contribution in [0.25, 0.3) is 11.3 Å². The predicted octanol–water partition coefficient (Wildman–Crippen LogP) is 7.09. The molecule has 36 heavy (non-hydrogen) atoms. The number of rotatable bonds is 10. The van der Waals surface area contributed by atoms with E-state index in [1.165, 1.54) is 0 Å². The van der Waals surface area contributed by atoms with Crippen LogP contribution < -0.4 is 9.64 Å². The molecule has 4 rings (SSSR count). The second-order valence-corrected chi connectivity index (χ2v) is 10.0. The maximum Gasteiger partial charge on any atom is 0.335 e. The van der Waals surface area contributed by atoms with Gasteiger partial charge in [-0.15, -0.1) is 11.3 Å². The van der Waals surface area contributed by atoms with Crippen molar-refractivity contribution in [3.8, 4) is 17.0 Å². The molecule has 0 bridgehead atoms. The quantitative estimate of drug-likeness (QED) is 0.231. The normalized spacial score (nSPS) is 11.0. The number of aromatic nitrogens is 1. The zero-order valence-corrected chi connectivity index (χ0v) is 22.1. The lowest BCUT2D eigenvalue weighted by molar-refractivity contribution is 0.0697. The van der Waals surface area contributed by atoms with Gasteiger partial charge in [0.2, 0.25) is 0 Å². The van der Waals surface area contributed by atoms with Crippen LogP contribution in [0.4, 0.5) is 10.8 Å². The van der Waals surface area contributed by atoms with E-state index >= 15 is 0 Å². The number of halogens is 2. The average Bonchev–Trinajstić information content (AvgIpc) is 3.35. The Hall–Kier alpha value is -3.10. The van der Waals surface area contributed by atoms with Crippen molar-refractivity contribution < 1.29 is 14.6 Å². The van der Waals surface area contributed by atoms with Crippen LogP contribution in [-0.2, 0) is 6.61 Å². The van der Waals surface area contributed by atoms with Crippen molar-refractivity contribution in [1.29, 1.82) is 0 Å². The number of likely N-dealkylation sites (N-methyl/N-ethyl adjacent to an activating group) is 1. The fourth-order valence-corrected chi connectivity index (χ4v) is 4.66. The summed E-state index contributed by atoms with van der Waals surface area (Å²) >= 11 is 13.6. The Bertz CT molecular complexity index is 1330. The molecule has 1 heterocycles. The number of carboxylic acids is 1. The molecule has 0 fully saturated rings. The zero-order chi connectivity index (χ0) is 25.7. The van der Waals surface area contributed by atoms with Crippen molar-refractivity contribution in [3.05, 3.63) is 93.3 Å². The van der Waals surface area contributed by atoms with Gasteiger partial charge in [0.1, 0.15) is 12.4 Å². The Kier molecular flexibility index (Phi) is 8.48. The van der Waals surface area contributed by atoms with Crippen LogP contribution in [0.15, 0.2) is 72.1 Å². The van der Waals surface area contributed by atoms with Gasteiger partial charge in [-0.1, -0.05) is 29.3 Å². The van der Waals surface area contributed by atoms with Crippen LogP contribution in [0.3, 0.4) is 0 Å². The summed E-state index contributed by atoms with van der Waals surface area (Å²) in [4.78, 5) is 20.3. The molecule has 3 aromatic carbocycles. The minimum Gasteiger partial charge on any atom is -0.489 e. The summed E-state index contributed by atoms with van der Waals surface area (Å²) < 4.78 is 5.89. The molecule has 0 saturated heterocycles. The van der Waals surface area contributed by atoms with E-state index in [4.69, 9.17) is 32.9 Å². The molecular weight excluding hydrogens is 517 g/mol. The molecule has 0 saturated carbocycles. The fourth-order valence-electron chi connectivity index (χ4n) is 3.46. The number of ether oxygens (including phenoxy) is 1. The standard InChI is InChI=1S/C27H25Cl2N3O3S/c1-31(2)13-14-32(21-8-4-20(5-9-21)26(33)34)27-30-25(17-36-27)19-6-10-22(11-7-19)35-16-18-3-12-23(28)24(29)15-18/h3-12,15,17H,13-14,16H2,1-2H3,(H,33,34). The molecule has 6 nitrogen and oxygen atoms in total. The van der Waals surface area contributed by atoms with Crippen LogP contribution in [-0.4, -0.2) is 48.1 Å². The summed E-state index contributed by atoms with van der Waals surface area (Å²) in [7, 11) is 4.04. The third-order valence-electron chi connectivity index (χ3n) is 5.46. The number of benzene rings is 3. The zero-order valence-electron chi connectivity index (χ0n) is 19.8. The first-order chi connectivity index (χ1) is 17.3. The number of carboxylic acid groups (broad SMARTS) is 1. The van der Waals surface area contributed by atoms with Gasteiger partial charge in [0.25, 0.3) is 0 Å². The van der Waals surface area contributed by atoms with Crippen LogP contribution in [0.2, 0.25) is 10.0 Å². The van der Waals surface area contributed by atoms with E-state index in [0.717, 1.165) is 39.9 Å². The summed E-state index contributed by atoms with van der Waals surface area (Å²) in [5.74, 6) is -0.200. The van der Waals surface area contributed by atoms with Gasteiger partial charge in [0, 0.05) is 29.7 Å². The molecule has 9 heteroatoms. The third-order valence-corrected chi connectivity index (χ3v) is 7.06. The SMILES string of the molecule is CN(C)CCN(c1ccc(C(=O)O)cc1)c1nc(-c2ccc(OCc3ccc(Cl)c(Cl)c3)cc2)cs1. The topological polar surface area (TPSA) is 65.9 Å². The molecule has 0 aliphatic heterocycles. The average molecular weight is 542 g/mol. The Labute approximate surface area is 224 Å². The van der Waals surface area contributed by atoms with E-state index < -0.39 is 5.97 Å². The van der Waals surface area contributed by atoms with Crippen molar-refractivity contribution >= 4 is 51.3 Å². The predicted molar refractivity (Wildman–Crippen MR) is 147 cm³/mol. The summed E-state index contributed by atoms with van der Waals surface area (Å²) in [5.41, 5.74) is 3.93. The van der Waals surface area contributed by atoms with Gasteiger partial charge in [-0.3, -0.25) is 0 Å². The molecule has 1 aromatic heterocycles. The van der Waals surface area contributed by atoms with Crippen molar-refractivity contribution in [2.45, 2.75) is 6.61 Å². The Balaban J connectivity index is 1.48. The number of carbonyl (C=O) groups is 1. The van der Waals surface area contributed by atoms with Crippen LogP contribution in [0, 0.1) is 0 Å².